The molecule has 7 heteroatoms. The van der Waals surface area contributed by atoms with E-state index < -0.39 is 0 Å². The summed E-state index contributed by atoms with van der Waals surface area (Å²) in [7, 11) is 6.26. The van der Waals surface area contributed by atoms with Crippen LogP contribution in [0.1, 0.15) is 17.5 Å². The maximum Gasteiger partial charge on any atom is 0.207 e. The second-order valence-electron chi connectivity index (χ2n) is 7.03. The van der Waals surface area contributed by atoms with Crippen LogP contribution < -0.4 is 19.5 Å². The Bertz CT molecular complexity index is 916. The molecule has 3 aliphatic rings. The molecule has 0 saturated heterocycles. The van der Waals surface area contributed by atoms with Crippen molar-refractivity contribution in [2.24, 2.45) is 11.8 Å². The van der Waals surface area contributed by atoms with Gasteiger partial charge in [0.15, 0.2) is 17.3 Å². The molecular weight excluding hydrogens is 362 g/mol. The second-order valence-corrected chi connectivity index (χ2v) is 7.03. The van der Waals surface area contributed by atoms with Gasteiger partial charge < -0.3 is 24.3 Å². The maximum absolute atomic E-state index is 12.8. The number of rotatable bonds is 6. The standard InChI is InChI=1S/C21H23NO6/c1-25-13-8-11-16-15-10(7-14(26-2)20(27-3)21(15)28-4)5-6-12(22-9-23)18(16)17(11)19(13)24/h7-9,11-12,17H,5-6H2,1-4H3,(H,22,23)/t11-,12+,17-/m1/s1. The third-order valence-electron chi connectivity index (χ3n) is 5.94. The Labute approximate surface area is 163 Å². The molecule has 1 aromatic rings. The van der Waals surface area contributed by atoms with Crippen molar-refractivity contribution < 1.29 is 28.5 Å². The van der Waals surface area contributed by atoms with Crippen LogP contribution in [0.3, 0.4) is 0 Å². The highest BCUT2D eigenvalue weighted by molar-refractivity contribution is 6.08. The Balaban J connectivity index is 1.97. The zero-order valence-electron chi connectivity index (χ0n) is 16.3. The molecule has 0 aliphatic heterocycles. The summed E-state index contributed by atoms with van der Waals surface area (Å²) >= 11 is 0. The van der Waals surface area contributed by atoms with Crippen molar-refractivity contribution >= 4 is 17.8 Å². The average Bonchev–Trinajstić information content (AvgIpc) is 2.89. The second kappa shape index (κ2) is 6.89. The number of ketones is 1. The van der Waals surface area contributed by atoms with Gasteiger partial charge in [-0.05, 0) is 41.7 Å². The minimum absolute atomic E-state index is 0.0353. The Hall–Kier alpha value is -2.96. The molecule has 1 N–H and O–H groups in total. The molecule has 0 aromatic heterocycles. The average molecular weight is 385 g/mol. The van der Waals surface area contributed by atoms with Crippen molar-refractivity contribution in [3.05, 3.63) is 34.6 Å². The van der Waals surface area contributed by atoms with Crippen LogP contribution in [-0.4, -0.2) is 46.7 Å². The fourth-order valence-electron chi connectivity index (χ4n) is 4.80. The molecular formula is C21H23NO6. The largest absolute Gasteiger partial charge is 0.493 e. The van der Waals surface area contributed by atoms with Gasteiger partial charge in [-0.3, -0.25) is 9.59 Å². The van der Waals surface area contributed by atoms with Crippen LogP contribution in [0.2, 0.25) is 0 Å². The van der Waals surface area contributed by atoms with Gasteiger partial charge in [0.2, 0.25) is 17.9 Å². The number of nitrogens with one attached hydrogen (secondary N) is 1. The van der Waals surface area contributed by atoms with E-state index in [0.717, 1.165) is 22.3 Å². The third-order valence-corrected chi connectivity index (χ3v) is 5.94. The van der Waals surface area contributed by atoms with E-state index in [1.54, 1.807) is 21.3 Å². The predicted molar refractivity (Wildman–Crippen MR) is 101 cm³/mol. The van der Waals surface area contributed by atoms with Gasteiger partial charge >= 0.3 is 0 Å². The van der Waals surface area contributed by atoms with Crippen molar-refractivity contribution in [3.8, 4) is 17.2 Å². The number of Topliss-reactive ketones (excluding diaryl/α,β-unsaturated/α-hetero) is 1. The number of ether oxygens (including phenoxy) is 4. The zero-order chi connectivity index (χ0) is 20.0. The van der Waals surface area contributed by atoms with Crippen LogP contribution in [0, 0.1) is 11.8 Å². The molecule has 0 saturated carbocycles. The first-order valence-electron chi connectivity index (χ1n) is 9.17. The van der Waals surface area contributed by atoms with Gasteiger partial charge in [0.05, 0.1) is 40.4 Å². The van der Waals surface area contributed by atoms with Gasteiger partial charge in [-0.2, -0.15) is 0 Å². The molecule has 0 unspecified atom stereocenters. The van der Waals surface area contributed by atoms with E-state index in [1.807, 2.05) is 12.1 Å². The molecule has 28 heavy (non-hydrogen) atoms. The van der Waals surface area contributed by atoms with Crippen LogP contribution in [-0.2, 0) is 20.7 Å². The van der Waals surface area contributed by atoms with Gasteiger partial charge in [-0.15, -0.1) is 0 Å². The smallest absolute Gasteiger partial charge is 0.207 e. The van der Waals surface area contributed by atoms with Gasteiger partial charge in [-0.25, -0.2) is 0 Å². The van der Waals surface area contributed by atoms with Gasteiger partial charge in [0.25, 0.3) is 0 Å². The number of carbonyl (C=O) groups excluding carboxylic acids is 2. The van der Waals surface area contributed by atoms with Crippen molar-refractivity contribution in [2.45, 2.75) is 18.9 Å². The van der Waals surface area contributed by atoms with Crippen LogP contribution >= 0.6 is 0 Å². The van der Waals surface area contributed by atoms with E-state index >= 15 is 0 Å². The van der Waals surface area contributed by atoms with Crippen molar-refractivity contribution in [2.75, 3.05) is 28.4 Å². The molecule has 148 valence electrons. The highest BCUT2D eigenvalue weighted by Crippen LogP contribution is 2.59. The van der Waals surface area contributed by atoms with Crippen molar-refractivity contribution in [3.63, 3.8) is 0 Å². The third kappa shape index (κ3) is 2.35. The molecule has 0 heterocycles. The Morgan fingerprint density at radius 2 is 1.82 bits per heavy atom. The van der Waals surface area contributed by atoms with Crippen LogP contribution in [0.15, 0.2) is 23.5 Å². The summed E-state index contributed by atoms with van der Waals surface area (Å²) in [5.74, 6) is 1.63. The van der Waals surface area contributed by atoms with E-state index in [9.17, 15) is 9.59 Å². The quantitative estimate of drug-likeness (QED) is 0.753. The highest BCUT2D eigenvalue weighted by Gasteiger charge is 2.54. The minimum atomic E-state index is -0.300. The summed E-state index contributed by atoms with van der Waals surface area (Å²) in [6.07, 6.45) is 3.96. The molecule has 0 radical (unpaired) electrons. The van der Waals surface area contributed by atoms with Crippen LogP contribution in [0.4, 0.5) is 0 Å². The lowest BCUT2D eigenvalue weighted by Gasteiger charge is -2.40. The lowest BCUT2D eigenvalue weighted by Crippen LogP contribution is -2.42. The normalized spacial score (nSPS) is 24.8. The fourth-order valence-corrected chi connectivity index (χ4v) is 4.80. The first-order valence-corrected chi connectivity index (χ1v) is 9.17. The van der Waals surface area contributed by atoms with E-state index in [4.69, 9.17) is 18.9 Å². The molecule has 1 aromatic carbocycles. The van der Waals surface area contributed by atoms with Crippen LogP contribution in [0.5, 0.6) is 17.2 Å². The number of allylic oxidation sites excluding steroid dienone is 3. The van der Waals surface area contributed by atoms with E-state index in [0.29, 0.717) is 42.3 Å². The number of benzene rings is 1. The maximum atomic E-state index is 12.8. The monoisotopic (exact) mass is 385 g/mol. The number of carbonyl (C=O) groups is 2. The number of fused-ring (bicyclic) bond motifs is 5. The minimum Gasteiger partial charge on any atom is -0.493 e. The van der Waals surface area contributed by atoms with Crippen LogP contribution in [0.25, 0.3) is 5.57 Å². The summed E-state index contributed by atoms with van der Waals surface area (Å²) in [6, 6.07) is 1.74. The topological polar surface area (TPSA) is 83.1 Å². The van der Waals surface area contributed by atoms with E-state index in [1.165, 1.54) is 7.11 Å². The predicted octanol–water partition coefficient (Wildman–Crippen LogP) is 1.89. The molecule has 3 atom stereocenters. The molecule has 3 aliphatic carbocycles. The van der Waals surface area contributed by atoms with Crippen molar-refractivity contribution in [1.29, 1.82) is 0 Å². The van der Waals surface area contributed by atoms with Gasteiger partial charge in [-0.1, -0.05) is 0 Å². The van der Waals surface area contributed by atoms with E-state index in [2.05, 4.69) is 5.32 Å². The molecule has 1 amide bonds. The SMILES string of the molecule is COC1=C[C@@H]2C3=C([C@@H]2C1=O)[C@@H](NC=O)CCc1cc(OC)c(OC)c(OC)c13. The van der Waals surface area contributed by atoms with Gasteiger partial charge in [0.1, 0.15) is 0 Å². The number of methoxy groups -OCH3 is 4. The summed E-state index contributed by atoms with van der Waals surface area (Å²) in [4.78, 5) is 24.0. The summed E-state index contributed by atoms with van der Waals surface area (Å²) < 4.78 is 22.1. The lowest BCUT2D eigenvalue weighted by atomic mass is 9.64. The number of aryl methyl sites for hydroxylation is 1. The zero-order valence-corrected chi connectivity index (χ0v) is 16.3. The molecule has 4 rings (SSSR count). The Kier molecular flexibility index (Phi) is 4.53. The number of amides is 1. The molecule has 7 nitrogen and oxygen atoms in total. The molecule has 0 bridgehead atoms. The Morgan fingerprint density at radius 3 is 2.43 bits per heavy atom. The highest BCUT2D eigenvalue weighted by atomic mass is 16.5. The summed E-state index contributed by atoms with van der Waals surface area (Å²) in [6.45, 7) is 0. The summed E-state index contributed by atoms with van der Waals surface area (Å²) in [5.41, 5.74) is 3.92. The fraction of sp³-hybridized carbons (Fsp3) is 0.429. The number of hydrogen-bond acceptors (Lipinski definition) is 6. The first-order chi connectivity index (χ1) is 13.6. The molecule has 0 spiro atoms. The Morgan fingerprint density at radius 1 is 1.07 bits per heavy atom. The lowest BCUT2D eigenvalue weighted by molar-refractivity contribution is -0.121. The number of hydrogen-bond donors (Lipinski definition) is 1. The first kappa shape index (κ1) is 18.4. The molecule has 0 fully saturated rings. The van der Waals surface area contributed by atoms with E-state index in [-0.39, 0.29) is 23.7 Å². The van der Waals surface area contributed by atoms with Gasteiger partial charge in [0, 0.05) is 11.5 Å². The summed E-state index contributed by atoms with van der Waals surface area (Å²) in [5, 5.41) is 2.89. The van der Waals surface area contributed by atoms with Crippen molar-refractivity contribution in [1.82, 2.24) is 5.32 Å².